The van der Waals surface area contributed by atoms with Gasteiger partial charge in [0.05, 0.1) is 11.7 Å². The quantitative estimate of drug-likeness (QED) is 0.902. The summed E-state index contributed by atoms with van der Waals surface area (Å²) < 4.78 is 5.09. The molecule has 2 N–H and O–H groups in total. The van der Waals surface area contributed by atoms with Crippen molar-refractivity contribution in [3.05, 3.63) is 39.4 Å². The van der Waals surface area contributed by atoms with E-state index in [2.05, 4.69) is 35.5 Å². The Kier molecular flexibility index (Phi) is 4.16. The van der Waals surface area contributed by atoms with Crippen LogP contribution in [0.4, 0.5) is 0 Å². The van der Waals surface area contributed by atoms with Crippen LogP contribution in [0.5, 0.6) is 0 Å². The molecule has 0 saturated heterocycles. The van der Waals surface area contributed by atoms with Crippen LogP contribution in [0.2, 0.25) is 0 Å². The molecule has 2 heterocycles. The molecule has 0 bridgehead atoms. The van der Waals surface area contributed by atoms with Gasteiger partial charge in [0.15, 0.2) is 0 Å². The summed E-state index contributed by atoms with van der Waals surface area (Å²) in [5, 5.41) is 6.13. The SMILES string of the molecule is Cc1cc(CN(C)C(CN)c2sccc2C)no1. The topological polar surface area (TPSA) is 55.3 Å². The molecule has 0 amide bonds. The molecule has 4 nitrogen and oxygen atoms in total. The first-order valence-corrected chi connectivity index (χ1v) is 6.86. The van der Waals surface area contributed by atoms with Gasteiger partial charge in [-0.25, -0.2) is 0 Å². The summed E-state index contributed by atoms with van der Waals surface area (Å²) in [6, 6.07) is 4.34. The number of aryl methyl sites for hydroxylation is 2. The fourth-order valence-electron chi connectivity index (χ4n) is 2.07. The zero-order valence-electron chi connectivity index (χ0n) is 11.0. The molecule has 0 saturated carbocycles. The minimum atomic E-state index is 0.238. The largest absolute Gasteiger partial charge is 0.361 e. The lowest BCUT2D eigenvalue weighted by atomic mass is 10.1. The first-order valence-electron chi connectivity index (χ1n) is 5.98. The number of hydrogen-bond donors (Lipinski definition) is 1. The third kappa shape index (κ3) is 2.80. The summed E-state index contributed by atoms with van der Waals surface area (Å²) in [5.74, 6) is 0.843. The second-order valence-electron chi connectivity index (χ2n) is 4.56. The van der Waals surface area contributed by atoms with Crippen LogP contribution in [-0.2, 0) is 6.54 Å². The lowest BCUT2D eigenvalue weighted by Gasteiger charge is -2.25. The van der Waals surface area contributed by atoms with Crippen molar-refractivity contribution in [2.24, 2.45) is 5.73 Å². The maximum absolute atomic E-state index is 5.91. The molecule has 2 aromatic rings. The van der Waals surface area contributed by atoms with Crippen LogP contribution in [0.1, 0.15) is 27.9 Å². The Morgan fingerprint density at radius 1 is 1.50 bits per heavy atom. The van der Waals surface area contributed by atoms with E-state index in [0.717, 1.165) is 18.0 Å². The molecular formula is C13H19N3OS. The van der Waals surface area contributed by atoms with Gasteiger partial charge in [0.25, 0.3) is 0 Å². The lowest BCUT2D eigenvalue weighted by Crippen LogP contribution is -2.30. The second kappa shape index (κ2) is 5.65. The molecule has 1 unspecified atom stereocenters. The summed E-state index contributed by atoms with van der Waals surface area (Å²) >= 11 is 1.76. The Bertz CT molecular complexity index is 506. The molecule has 0 aromatic carbocycles. The number of rotatable bonds is 5. The Hall–Kier alpha value is -1.17. The summed E-state index contributed by atoms with van der Waals surface area (Å²) in [6.45, 7) is 5.38. The molecule has 0 radical (unpaired) electrons. The molecule has 0 fully saturated rings. The van der Waals surface area contributed by atoms with Crippen LogP contribution in [0.15, 0.2) is 22.0 Å². The number of aromatic nitrogens is 1. The molecule has 2 rings (SSSR count). The van der Waals surface area contributed by atoms with Crippen molar-refractivity contribution in [1.82, 2.24) is 10.1 Å². The van der Waals surface area contributed by atoms with Gasteiger partial charge in [-0.05, 0) is 37.9 Å². The zero-order valence-corrected chi connectivity index (χ0v) is 11.8. The van der Waals surface area contributed by atoms with E-state index in [1.165, 1.54) is 10.4 Å². The van der Waals surface area contributed by atoms with E-state index >= 15 is 0 Å². The molecule has 5 heteroatoms. The van der Waals surface area contributed by atoms with Gasteiger partial charge in [0, 0.05) is 24.0 Å². The highest BCUT2D eigenvalue weighted by Crippen LogP contribution is 2.28. The Morgan fingerprint density at radius 3 is 2.78 bits per heavy atom. The highest BCUT2D eigenvalue weighted by Gasteiger charge is 2.19. The zero-order chi connectivity index (χ0) is 13.1. The van der Waals surface area contributed by atoms with E-state index < -0.39 is 0 Å². The van der Waals surface area contributed by atoms with E-state index in [-0.39, 0.29) is 6.04 Å². The number of thiophene rings is 1. The first kappa shape index (κ1) is 13.3. The van der Waals surface area contributed by atoms with E-state index in [0.29, 0.717) is 6.54 Å². The van der Waals surface area contributed by atoms with Gasteiger partial charge in [0.2, 0.25) is 0 Å². The number of nitrogens with zero attached hydrogens (tertiary/aromatic N) is 2. The summed E-state index contributed by atoms with van der Waals surface area (Å²) in [4.78, 5) is 3.55. The van der Waals surface area contributed by atoms with E-state index in [1.54, 1.807) is 11.3 Å². The third-order valence-corrected chi connectivity index (χ3v) is 4.17. The standard InChI is InChI=1S/C13H19N3OS/c1-9-4-5-18-13(9)12(7-14)16(3)8-11-6-10(2)17-15-11/h4-6,12H,7-8,14H2,1-3H3. The molecule has 0 aliphatic carbocycles. The van der Waals surface area contributed by atoms with Gasteiger partial charge in [0.1, 0.15) is 5.76 Å². The minimum absolute atomic E-state index is 0.238. The molecule has 0 spiro atoms. The average Bonchev–Trinajstić information content (AvgIpc) is 2.90. The number of nitrogens with two attached hydrogens (primary N) is 1. The van der Waals surface area contributed by atoms with Gasteiger partial charge in [-0.3, -0.25) is 4.90 Å². The molecular weight excluding hydrogens is 246 g/mol. The Morgan fingerprint density at radius 2 is 2.28 bits per heavy atom. The Balaban J connectivity index is 2.11. The fraction of sp³-hybridized carbons (Fsp3) is 0.462. The lowest BCUT2D eigenvalue weighted by molar-refractivity contribution is 0.236. The van der Waals surface area contributed by atoms with Gasteiger partial charge < -0.3 is 10.3 Å². The molecule has 0 aliphatic rings. The maximum atomic E-state index is 5.91. The van der Waals surface area contributed by atoms with Crippen LogP contribution >= 0.6 is 11.3 Å². The average molecular weight is 265 g/mol. The molecule has 18 heavy (non-hydrogen) atoms. The molecule has 98 valence electrons. The third-order valence-electron chi connectivity index (χ3n) is 3.05. The second-order valence-corrected chi connectivity index (χ2v) is 5.51. The number of hydrogen-bond acceptors (Lipinski definition) is 5. The van der Waals surface area contributed by atoms with Crippen LogP contribution in [0.3, 0.4) is 0 Å². The van der Waals surface area contributed by atoms with Crippen LogP contribution in [-0.4, -0.2) is 23.6 Å². The molecule has 2 aromatic heterocycles. The van der Waals surface area contributed by atoms with Crippen LogP contribution in [0.25, 0.3) is 0 Å². The van der Waals surface area contributed by atoms with Crippen molar-refractivity contribution in [3.63, 3.8) is 0 Å². The van der Waals surface area contributed by atoms with Gasteiger partial charge in [-0.15, -0.1) is 11.3 Å². The summed E-state index contributed by atoms with van der Waals surface area (Å²) in [5.41, 5.74) is 8.16. The highest BCUT2D eigenvalue weighted by atomic mass is 32.1. The first-order chi connectivity index (χ1) is 8.61. The predicted molar refractivity (Wildman–Crippen MR) is 73.6 cm³/mol. The monoisotopic (exact) mass is 265 g/mol. The van der Waals surface area contributed by atoms with E-state index in [9.17, 15) is 0 Å². The van der Waals surface area contributed by atoms with Crippen molar-refractivity contribution >= 4 is 11.3 Å². The van der Waals surface area contributed by atoms with Crippen molar-refractivity contribution in [1.29, 1.82) is 0 Å². The normalized spacial score (nSPS) is 13.2. The van der Waals surface area contributed by atoms with Crippen LogP contribution < -0.4 is 5.73 Å². The van der Waals surface area contributed by atoms with Crippen molar-refractivity contribution in [3.8, 4) is 0 Å². The van der Waals surface area contributed by atoms with Crippen molar-refractivity contribution in [2.45, 2.75) is 26.4 Å². The van der Waals surface area contributed by atoms with Gasteiger partial charge in [-0.1, -0.05) is 5.16 Å². The number of likely N-dealkylation sites (N-methyl/N-ethyl adjacent to an activating group) is 1. The molecule has 1 atom stereocenters. The smallest absolute Gasteiger partial charge is 0.133 e. The summed E-state index contributed by atoms with van der Waals surface area (Å²) in [6.07, 6.45) is 0. The minimum Gasteiger partial charge on any atom is -0.361 e. The van der Waals surface area contributed by atoms with E-state index in [4.69, 9.17) is 10.3 Å². The van der Waals surface area contributed by atoms with E-state index in [1.807, 2.05) is 13.0 Å². The van der Waals surface area contributed by atoms with Gasteiger partial charge in [-0.2, -0.15) is 0 Å². The van der Waals surface area contributed by atoms with Crippen molar-refractivity contribution in [2.75, 3.05) is 13.6 Å². The fourth-order valence-corrected chi connectivity index (χ4v) is 3.18. The summed E-state index contributed by atoms with van der Waals surface area (Å²) in [7, 11) is 2.07. The highest BCUT2D eigenvalue weighted by molar-refractivity contribution is 7.10. The van der Waals surface area contributed by atoms with Crippen molar-refractivity contribution < 1.29 is 4.52 Å². The maximum Gasteiger partial charge on any atom is 0.133 e. The Labute approximate surface area is 111 Å². The predicted octanol–water partition coefficient (Wildman–Crippen LogP) is 2.48. The van der Waals surface area contributed by atoms with Gasteiger partial charge >= 0.3 is 0 Å². The van der Waals surface area contributed by atoms with Crippen LogP contribution in [0, 0.1) is 13.8 Å². The molecule has 0 aliphatic heterocycles.